The van der Waals surface area contributed by atoms with Crippen LogP contribution in [0.4, 0.5) is 18.9 Å². The smallest absolute Gasteiger partial charge is 0.283 e. The second kappa shape index (κ2) is 4.77. The number of thioether (sulfide) groups is 1. The lowest BCUT2D eigenvalue weighted by atomic mass is 10.2. The van der Waals surface area contributed by atoms with E-state index in [9.17, 15) is 21.6 Å². The van der Waals surface area contributed by atoms with E-state index in [1.165, 1.54) is 6.07 Å². The highest BCUT2D eigenvalue weighted by Crippen LogP contribution is 2.37. The Morgan fingerprint density at radius 1 is 1.29 bits per heavy atom. The van der Waals surface area contributed by atoms with Gasteiger partial charge in [-0.15, -0.1) is 11.8 Å². The van der Waals surface area contributed by atoms with E-state index in [1.54, 1.807) is 6.26 Å². The molecule has 0 amide bonds. The van der Waals surface area contributed by atoms with E-state index in [-0.39, 0.29) is 0 Å². The summed E-state index contributed by atoms with van der Waals surface area (Å²) in [5, 5.41) is 0. The first-order chi connectivity index (χ1) is 7.63. The summed E-state index contributed by atoms with van der Waals surface area (Å²) in [6, 6.07) is 3.45. The Morgan fingerprint density at radius 3 is 2.29 bits per heavy atom. The molecule has 0 unspecified atom stereocenters. The molecule has 0 fully saturated rings. The maximum absolute atomic E-state index is 12.7. The normalized spacial score (nSPS) is 12.5. The van der Waals surface area contributed by atoms with Gasteiger partial charge in [0, 0.05) is 4.90 Å². The Morgan fingerprint density at radius 2 is 1.88 bits per heavy atom. The second-order valence-electron chi connectivity index (χ2n) is 3.28. The van der Waals surface area contributed by atoms with Crippen molar-refractivity contribution in [2.45, 2.75) is 11.1 Å². The number of alkyl halides is 3. The fourth-order valence-electron chi connectivity index (χ4n) is 1.17. The van der Waals surface area contributed by atoms with Crippen LogP contribution in [0.15, 0.2) is 23.1 Å². The number of nitrogens with one attached hydrogen (secondary N) is 1. The molecule has 0 heterocycles. The topological polar surface area (TPSA) is 46.2 Å². The minimum Gasteiger partial charge on any atom is -0.283 e. The van der Waals surface area contributed by atoms with Crippen molar-refractivity contribution in [3.8, 4) is 0 Å². The zero-order chi connectivity index (χ0) is 13.3. The number of hydrogen-bond acceptors (Lipinski definition) is 3. The third kappa shape index (κ3) is 4.12. The molecule has 0 bridgehead atoms. The summed E-state index contributed by atoms with van der Waals surface area (Å²) in [6.45, 7) is 0. The molecule has 8 heteroatoms. The van der Waals surface area contributed by atoms with E-state index in [0.29, 0.717) is 4.90 Å². The lowest BCUT2D eigenvalue weighted by molar-refractivity contribution is -0.137. The van der Waals surface area contributed by atoms with Gasteiger partial charge in [0.1, 0.15) is 0 Å². The minimum atomic E-state index is -4.60. The van der Waals surface area contributed by atoms with Gasteiger partial charge in [-0.2, -0.15) is 13.2 Å². The summed E-state index contributed by atoms with van der Waals surface area (Å²) in [4.78, 5) is 0.413. The molecule has 0 aliphatic rings. The Balaban J connectivity index is 3.30. The van der Waals surface area contributed by atoms with Gasteiger partial charge >= 0.3 is 6.18 Å². The molecule has 0 aliphatic carbocycles. The summed E-state index contributed by atoms with van der Waals surface area (Å²) in [7, 11) is -3.74. The molecule has 3 nitrogen and oxygen atoms in total. The van der Waals surface area contributed by atoms with Crippen LogP contribution in [-0.4, -0.2) is 20.9 Å². The van der Waals surface area contributed by atoms with E-state index in [0.717, 1.165) is 30.2 Å². The summed E-state index contributed by atoms with van der Waals surface area (Å²) in [5.74, 6) is 0. The van der Waals surface area contributed by atoms with Crippen molar-refractivity contribution in [3.63, 3.8) is 0 Å². The molecule has 1 N–H and O–H groups in total. The third-order valence-electron chi connectivity index (χ3n) is 1.83. The summed E-state index contributed by atoms with van der Waals surface area (Å²) >= 11 is 1.15. The molecule has 0 aromatic heterocycles. The van der Waals surface area contributed by atoms with Crippen LogP contribution in [0.25, 0.3) is 0 Å². The van der Waals surface area contributed by atoms with Crippen LogP contribution in [0, 0.1) is 0 Å². The van der Waals surface area contributed by atoms with E-state index < -0.39 is 27.5 Å². The number of hydrogen-bond donors (Lipinski definition) is 1. The fourth-order valence-corrected chi connectivity index (χ4v) is 2.19. The van der Waals surface area contributed by atoms with E-state index in [2.05, 4.69) is 0 Å². The van der Waals surface area contributed by atoms with E-state index >= 15 is 0 Å². The van der Waals surface area contributed by atoms with Crippen LogP contribution in [-0.2, 0) is 16.2 Å². The summed E-state index contributed by atoms with van der Waals surface area (Å²) in [6.07, 6.45) is -2.16. The first-order valence-electron chi connectivity index (χ1n) is 4.36. The van der Waals surface area contributed by atoms with Crippen LogP contribution < -0.4 is 4.72 Å². The van der Waals surface area contributed by atoms with Crippen LogP contribution in [0.1, 0.15) is 5.56 Å². The van der Waals surface area contributed by atoms with Crippen molar-refractivity contribution in [2.24, 2.45) is 0 Å². The Kier molecular flexibility index (Phi) is 3.98. The molecule has 1 aromatic carbocycles. The maximum Gasteiger partial charge on any atom is 0.418 e. The SMILES string of the molecule is CSc1ccc(NS(C)(=O)=O)c(C(F)(F)F)c1. The van der Waals surface area contributed by atoms with Crippen molar-refractivity contribution in [2.75, 3.05) is 17.2 Å². The summed E-state index contributed by atoms with van der Waals surface area (Å²) in [5.41, 5.74) is -1.45. The van der Waals surface area contributed by atoms with Crippen molar-refractivity contribution >= 4 is 27.5 Å². The molecule has 0 atom stereocenters. The lowest BCUT2D eigenvalue weighted by Gasteiger charge is -2.14. The highest BCUT2D eigenvalue weighted by molar-refractivity contribution is 7.98. The molecule has 17 heavy (non-hydrogen) atoms. The molecule has 1 aromatic rings. The van der Waals surface area contributed by atoms with Gasteiger partial charge in [-0.1, -0.05) is 0 Å². The molecule has 96 valence electrons. The average molecular weight is 285 g/mol. The van der Waals surface area contributed by atoms with Crippen LogP contribution in [0.3, 0.4) is 0 Å². The molecule has 0 radical (unpaired) electrons. The Hall–Kier alpha value is -0.890. The van der Waals surface area contributed by atoms with Crippen molar-refractivity contribution < 1.29 is 21.6 Å². The molecule has 0 spiro atoms. The van der Waals surface area contributed by atoms with Gasteiger partial charge in [0.05, 0.1) is 17.5 Å². The first-order valence-corrected chi connectivity index (χ1v) is 7.48. The van der Waals surface area contributed by atoms with Crippen LogP contribution >= 0.6 is 11.8 Å². The quantitative estimate of drug-likeness (QED) is 0.869. The van der Waals surface area contributed by atoms with Gasteiger partial charge in [-0.3, -0.25) is 4.72 Å². The fraction of sp³-hybridized carbons (Fsp3) is 0.333. The molecule has 1 rings (SSSR count). The predicted octanol–water partition coefficient (Wildman–Crippen LogP) is 2.80. The number of benzene rings is 1. The minimum absolute atomic E-state index is 0.413. The lowest BCUT2D eigenvalue weighted by Crippen LogP contribution is -2.15. The number of sulfonamides is 1. The average Bonchev–Trinajstić information content (AvgIpc) is 2.14. The highest BCUT2D eigenvalue weighted by atomic mass is 32.2. The molecular weight excluding hydrogens is 275 g/mol. The van der Waals surface area contributed by atoms with Crippen molar-refractivity contribution in [1.29, 1.82) is 0 Å². The van der Waals surface area contributed by atoms with Gasteiger partial charge in [0.2, 0.25) is 10.0 Å². The van der Waals surface area contributed by atoms with Crippen molar-refractivity contribution in [1.82, 2.24) is 0 Å². The summed E-state index contributed by atoms with van der Waals surface area (Å²) < 4.78 is 61.8. The predicted molar refractivity (Wildman–Crippen MR) is 61.7 cm³/mol. The Bertz CT molecular complexity index is 511. The van der Waals surface area contributed by atoms with Gasteiger partial charge in [-0.25, -0.2) is 8.42 Å². The third-order valence-corrected chi connectivity index (χ3v) is 3.14. The number of anilines is 1. The van der Waals surface area contributed by atoms with Gasteiger partial charge in [0.15, 0.2) is 0 Å². The number of halogens is 3. The zero-order valence-corrected chi connectivity index (χ0v) is 10.6. The van der Waals surface area contributed by atoms with Gasteiger partial charge in [-0.05, 0) is 24.5 Å². The zero-order valence-electron chi connectivity index (χ0n) is 9.00. The molecule has 0 aliphatic heterocycles. The molecule has 0 saturated heterocycles. The Labute approximate surface area is 101 Å². The van der Waals surface area contributed by atoms with Crippen LogP contribution in [0.5, 0.6) is 0 Å². The molecular formula is C9H10F3NO2S2. The van der Waals surface area contributed by atoms with Gasteiger partial charge < -0.3 is 0 Å². The first kappa shape index (κ1) is 14.2. The highest BCUT2D eigenvalue weighted by Gasteiger charge is 2.34. The monoisotopic (exact) mass is 285 g/mol. The van der Waals surface area contributed by atoms with E-state index in [4.69, 9.17) is 0 Å². The van der Waals surface area contributed by atoms with Crippen molar-refractivity contribution in [3.05, 3.63) is 23.8 Å². The maximum atomic E-state index is 12.7. The standard InChI is InChI=1S/C9H10F3NO2S2/c1-16-6-3-4-8(13-17(2,14)15)7(5-6)9(10,11)12/h3-5,13H,1-2H3. The molecule has 0 saturated carbocycles. The largest absolute Gasteiger partial charge is 0.418 e. The van der Waals surface area contributed by atoms with Gasteiger partial charge in [0.25, 0.3) is 0 Å². The number of rotatable bonds is 3. The van der Waals surface area contributed by atoms with Crippen LogP contribution in [0.2, 0.25) is 0 Å². The van der Waals surface area contributed by atoms with E-state index in [1.807, 2.05) is 4.72 Å². The second-order valence-corrected chi connectivity index (χ2v) is 5.91.